The normalized spacial score (nSPS) is 32.1. The van der Waals surface area contributed by atoms with Crippen LogP contribution in [-0.4, -0.2) is 42.5 Å². The van der Waals surface area contributed by atoms with E-state index in [1.165, 1.54) is 20.8 Å². The Kier molecular flexibility index (Phi) is 6.14. The van der Waals surface area contributed by atoms with Crippen LogP contribution in [0.1, 0.15) is 41.0 Å². The highest BCUT2D eigenvalue weighted by Gasteiger charge is 2.48. The van der Waals surface area contributed by atoms with Gasteiger partial charge < -0.3 is 18.9 Å². The fraction of sp³-hybridized carbons (Fsp3) is 0.786. The second-order valence-corrected chi connectivity index (χ2v) is 5.07. The average Bonchev–Trinajstić information content (AvgIpc) is 2.35. The zero-order chi connectivity index (χ0) is 16.2. The molecular formula is C14H22O7. The molecule has 5 atom stereocenters. The van der Waals surface area contributed by atoms with Crippen LogP contribution in [-0.2, 0) is 33.3 Å². The summed E-state index contributed by atoms with van der Waals surface area (Å²) in [7, 11) is 0. The lowest BCUT2D eigenvalue weighted by atomic mass is 9.89. The van der Waals surface area contributed by atoms with Crippen molar-refractivity contribution in [1.29, 1.82) is 0 Å². The van der Waals surface area contributed by atoms with Crippen LogP contribution in [0.15, 0.2) is 0 Å². The Morgan fingerprint density at radius 3 is 1.81 bits per heavy atom. The zero-order valence-corrected chi connectivity index (χ0v) is 13.0. The monoisotopic (exact) mass is 302 g/mol. The second kappa shape index (κ2) is 7.40. The number of carbonyl (C=O) groups excluding carboxylic acids is 3. The summed E-state index contributed by atoms with van der Waals surface area (Å²) in [6.45, 7) is 7.44. The van der Waals surface area contributed by atoms with E-state index in [9.17, 15) is 14.4 Å². The maximum absolute atomic E-state index is 11.2. The minimum Gasteiger partial charge on any atom is -0.459 e. The van der Waals surface area contributed by atoms with Crippen LogP contribution in [0.5, 0.6) is 0 Å². The van der Waals surface area contributed by atoms with Gasteiger partial charge >= 0.3 is 17.9 Å². The molecule has 0 bridgehead atoms. The summed E-state index contributed by atoms with van der Waals surface area (Å²) in [6, 6.07) is 0. The molecule has 1 fully saturated rings. The van der Waals surface area contributed by atoms with E-state index in [0.29, 0.717) is 6.42 Å². The minimum absolute atomic E-state index is 0.360. The Morgan fingerprint density at radius 1 is 0.905 bits per heavy atom. The molecule has 1 saturated heterocycles. The van der Waals surface area contributed by atoms with Crippen molar-refractivity contribution in [3.8, 4) is 0 Å². The summed E-state index contributed by atoms with van der Waals surface area (Å²) < 4.78 is 21.2. The third-order valence-corrected chi connectivity index (χ3v) is 3.27. The highest BCUT2D eigenvalue weighted by Crippen LogP contribution is 2.32. The average molecular weight is 302 g/mol. The van der Waals surface area contributed by atoms with Gasteiger partial charge in [-0.25, -0.2) is 0 Å². The lowest BCUT2D eigenvalue weighted by Crippen LogP contribution is -2.56. The van der Waals surface area contributed by atoms with E-state index in [2.05, 4.69) is 0 Å². The molecule has 1 aliphatic rings. The van der Waals surface area contributed by atoms with Crippen LogP contribution in [0.4, 0.5) is 0 Å². The Bertz CT molecular complexity index is 406. The molecule has 0 aromatic carbocycles. The summed E-state index contributed by atoms with van der Waals surface area (Å²) in [5.74, 6) is -1.86. The van der Waals surface area contributed by atoms with Crippen molar-refractivity contribution in [3.63, 3.8) is 0 Å². The van der Waals surface area contributed by atoms with E-state index in [0.717, 1.165) is 0 Å². The van der Waals surface area contributed by atoms with Gasteiger partial charge in [-0.2, -0.15) is 0 Å². The summed E-state index contributed by atoms with van der Waals surface area (Å²) in [5, 5.41) is 0. The Labute approximate surface area is 123 Å². The van der Waals surface area contributed by atoms with Gasteiger partial charge in [0.05, 0.1) is 6.10 Å². The molecule has 0 spiro atoms. The molecule has 1 heterocycles. The molecule has 0 aromatic heterocycles. The predicted molar refractivity (Wildman–Crippen MR) is 71.0 cm³/mol. The van der Waals surface area contributed by atoms with Crippen LogP contribution in [0, 0.1) is 5.92 Å². The van der Waals surface area contributed by atoms with Gasteiger partial charge in [-0.05, 0) is 6.42 Å². The molecule has 1 aliphatic heterocycles. The predicted octanol–water partition coefficient (Wildman–Crippen LogP) is 1.18. The van der Waals surface area contributed by atoms with E-state index in [1.807, 2.05) is 6.92 Å². The van der Waals surface area contributed by atoms with E-state index in [1.54, 1.807) is 6.92 Å². The van der Waals surface area contributed by atoms with Crippen LogP contribution in [0.2, 0.25) is 0 Å². The maximum atomic E-state index is 11.2. The fourth-order valence-corrected chi connectivity index (χ4v) is 2.42. The van der Waals surface area contributed by atoms with Gasteiger partial charge in [-0.1, -0.05) is 13.8 Å². The van der Waals surface area contributed by atoms with Crippen molar-refractivity contribution >= 4 is 17.9 Å². The van der Waals surface area contributed by atoms with Crippen LogP contribution in [0.25, 0.3) is 0 Å². The molecule has 7 nitrogen and oxygen atoms in total. The SMILES string of the molecule is CCC1OC(OC(C)=O)C(OC(C)=O)[C@@H](C)[C@H]1OC(C)=O. The van der Waals surface area contributed by atoms with Gasteiger partial charge in [0.2, 0.25) is 6.29 Å². The first-order valence-electron chi connectivity index (χ1n) is 6.93. The molecule has 0 N–H and O–H groups in total. The standard InChI is InChI=1S/C14H22O7/c1-6-11-12(18-8(3)15)7(2)13(19-9(4)16)14(21-11)20-10(5)17/h7,11-14H,6H2,1-5H3/t7-,11?,12+,13?,14?/m0/s1. The first-order valence-corrected chi connectivity index (χ1v) is 6.93. The largest absolute Gasteiger partial charge is 0.459 e. The molecule has 1 rings (SSSR count). The smallest absolute Gasteiger partial charge is 0.305 e. The highest BCUT2D eigenvalue weighted by molar-refractivity contribution is 5.67. The van der Waals surface area contributed by atoms with Crippen molar-refractivity contribution in [2.45, 2.75) is 65.6 Å². The number of rotatable bonds is 4. The van der Waals surface area contributed by atoms with E-state index in [4.69, 9.17) is 18.9 Å². The van der Waals surface area contributed by atoms with Gasteiger partial charge in [0, 0.05) is 26.7 Å². The quantitative estimate of drug-likeness (QED) is 0.569. The molecule has 0 aliphatic carbocycles. The number of carbonyl (C=O) groups is 3. The van der Waals surface area contributed by atoms with Crippen LogP contribution < -0.4 is 0 Å². The van der Waals surface area contributed by atoms with Crippen molar-refractivity contribution in [3.05, 3.63) is 0 Å². The van der Waals surface area contributed by atoms with Gasteiger partial charge in [0.15, 0.2) is 6.10 Å². The lowest BCUT2D eigenvalue weighted by molar-refractivity contribution is -0.280. The summed E-state index contributed by atoms with van der Waals surface area (Å²) in [5.41, 5.74) is 0. The molecule has 120 valence electrons. The van der Waals surface area contributed by atoms with Crippen molar-refractivity contribution in [2.75, 3.05) is 0 Å². The molecule has 0 amide bonds. The minimum atomic E-state index is -1.00. The molecule has 0 aromatic rings. The van der Waals surface area contributed by atoms with Gasteiger partial charge in [0.25, 0.3) is 0 Å². The third kappa shape index (κ3) is 4.70. The summed E-state index contributed by atoms with van der Waals surface area (Å²) in [4.78, 5) is 33.7. The summed E-state index contributed by atoms with van der Waals surface area (Å²) >= 11 is 0. The number of esters is 3. The van der Waals surface area contributed by atoms with Crippen molar-refractivity contribution in [1.82, 2.24) is 0 Å². The fourth-order valence-electron chi connectivity index (χ4n) is 2.42. The second-order valence-electron chi connectivity index (χ2n) is 5.07. The van der Waals surface area contributed by atoms with Crippen LogP contribution >= 0.6 is 0 Å². The number of hydrogen-bond acceptors (Lipinski definition) is 7. The highest BCUT2D eigenvalue weighted by atomic mass is 16.7. The zero-order valence-electron chi connectivity index (χ0n) is 13.0. The Balaban J connectivity index is 2.99. The summed E-state index contributed by atoms with van der Waals surface area (Å²) in [6.07, 6.45) is -2.26. The molecule has 0 radical (unpaired) electrons. The first-order chi connectivity index (χ1) is 9.76. The van der Waals surface area contributed by atoms with Gasteiger partial charge in [0.1, 0.15) is 6.10 Å². The third-order valence-electron chi connectivity index (χ3n) is 3.27. The first kappa shape index (κ1) is 17.4. The van der Waals surface area contributed by atoms with Gasteiger partial charge in [-0.3, -0.25) is 14.4 Å². The number of hydrogen-bond donors (Lipinski definition) is 0. The van der Waals surface area contributed by atoms with Gasteiger partial charge in [-0.15, -0.1) is 0 Å². The van der Waals surface area contributed by atoms with Crippen molar-refractivity contribution < 1.29 is 33.3 Å². The maximum Gasteiger partial charge on any atom is 0.305 e. The number of ether oxygens (including phenoxy) is 4. The molecule has 21 heavy (non-hydrogen) atoms. The molecule has 0 saturated carbocycles. The van der Waals surface area contributed by atoms with E-state index < -0.39 is 42.5 Å². The molecular weight excluding hydrogens is 280 g/mol. The van der Waals surface area contributed by atoms with E-state index in [-0.39, 0.29) is 5.92 Å². The van der Waals surface area contributed by atoms with Crippen molar-refractivity contribution in [2.24, 2.45) is 5.92 Å². The van der Waals surface area contributed by atoms with Crippen LogP contribution in [0.3, 0.4) is 0 Å². The Hall–Kier alpha value is -1.63. The van der Waals surface area contributed by atoms with E-state index >= 15 is 0 Å². The topological polar surface area (TPSA) is 88.1 Å². The Morgan fingerprint density at radius 2 is 1.38 bits per heavy atom. The lowest BCUT2D eigenvalue weighted by Gasteiger charge is -2.43. The molecule has 3 unspecified atom stereocenters. The molecule has 7 heteroatoms.